The third-order valence-corrected chi connectivity index (χ3v) is 7.26. The summed E-state index contributed by atoms with van der Waals surface area (Å²) in [6.07, 6.45) is 2.81. The van der Waals surface area contributed by atoms with Crippen molar-refractivity contribution in [3.63, 3.8) is 0 Å². The molecule has 2 aromatic heterocycles. The number of benzene rings is 2. The molecule has 0 saturated heterocycles. The van der Waals surface area contributed by atoms with E-state index in [0.717, 1.165) is 43.7 Å². The monoisotopic (exact) mass is 389 g/mol. The highest BCUT2D eigenvalue weighted by molar-refractivity contribution is 8.05. The predicted molar refractivity (Wildman–Crippen MR) is 109 cm³/mol. The minimum atomic E-state index is 0.489. The first-order chi connectivity index (χ1) is 13.2. The first-order valence-corrected chi connectivity index (χ1v) is 10.2. The Hall–Kier alpha value is -2.57. The minimum Gasteiger partial charge on any atom is -0.342 e. The number of amides is 1. The number of para-hydroxylation sites is 2. The fourth-order valence-electron chi connectivity index (χ4n) is 3.29. The smallest absolute Gasteiger partial charge is 0.209 e. The molecule has 5 rings (SSSR count). The Balaban J connectivity index is 1.75. The van der Waals surface area contributed by atoms with Crippen molar-refractivity contribution in [3.05, 3.63) is 60.4 Å². The van der Waals surface area contributed by atoms with E-state index in [1.165, 1.54) is 9.79 Å². The maximum atomic E-state index is 11.2. The molecule has 132 valence electrons. The molecular weight excluding hydrogens is 374 g/mol. The van der Waals surface area contributed by atoms with Crippen LogP contribution in [0.3, 0.4) is 0 Å². The maximum absolute atomic E-state index is 11.2. The van der Waals surface area contributed by atoms with Crippen molar-refractivity contribution in [2.75, 3.05) is 7.05 Å². The second-order valence-electron chi connectivity index (χ2n) is 6.43. The third-order valence-electron chi connectivity index (χ3n) is 4.56. The highest BCUT2D eigenvalue weighted by Crippen LogP contribution is 2.53. The van der Waals surface area contributed by atoms with Crippen LogP contribution in [0.25, 0.3) is 21.8 Å². The summed E-state index contributed by atoms with van der Waals surface area (Å²) in [6.45, 7) is 0.489. The van der Waals surface area contributed by atoms with Crippen LogP contribution in [-0.4, -0.2) is 28.3 Å². The largest absolute Gasteiger partial charge is 0.342 e. The lowest BCUT2D eigenvalue weighted by atomic mass is 10.2. The summed E-state index contributed by atoms with van der Waals surface area (Å²) in [7, 11) is 1.78. The van der Waals surface area contributed by atoms with E-state index < -0.39 is 0 Å². The summed E-state index contributed by atoms with van der Waals surface area (Å²) in [5.41, 5.74) is 2.88. The molecule has 0 bridgehead atoms. The first kappa shape index (κ1) is 16.6. The Morgan fingerprint density at radius 1 is 0.926 bits per heavy atom. The van der Waals surface area contributed by atoms with Gasteiger partial charge in [0.05, 0.1) is 28.2 Å². The van der Waals surface area contributed by atoms with Gasteiger partial charge in [-0.3, -0.25) is 9.78 Å². The molecular formula is C21H15N3OS2. The van der Waals surface area contributed by atoms with Gasteiger partial charge in [-0.25, -0.2) is 4.98 Å². The Kier molecular flexibility index (Phi) is 4.02. The van der Waals surface area contributed by atoms with Gasteiger partial charge in [-0.15, -0.1) is 0 Å². The van der Waals surface area contributed by atoms with Crippen molar-refractivity contribution in [2.45, 2.75) is 26.1 Å². The second kappa shape index (κ2) is 6.55. The molecule has 0 saturated carbocycles. The van der Waals surface area contributed by atoms with Crippen LogP contribution >= 0.6 is 23.5 Å². The Bertz CT molecular complexity index is 1210. The summed E-state index contributed by atoms with van der Waals surface area (Å²) < 4.78 is 0. The fourth-order valence-corrected chi connectivity index (χ4v) is 5.88. The zero-order valence-electron chi connectivity index (χ0n) is 14.5. The van der Waals surface area contributed by atoms with E-state index in [1.807, 2.05) is 42.6 Å². The van der Waals surface area contributed by atoms with E-state index in [0.29, 0.717) is 6.54 Å². The zero-order chi connectivity index (χ0) is 18.4. The lowest BCUT2D eigenvalue weighted by Crippen LogP contribution is -2.17. The molecule has 6 heteroatoms. The number of pyridine rings is 2. The molecule has 4 nitrogen and oxygen atoms in total. The first-order valence-electron chi connectivity index (χ1n) is 8.55. The van der Waals surface area contributed by atoms with Crippen LogP contribution in [0, 0.1) is 0 Å². The van der Waals surface area contributed by atoms with Crippen LogP contribution in [0.5, 0.6) is 0 Å². The summed E-state index contributed by atoms with van der Waals surface area (Å²) >= 11 is 3.49. The van der Waals surface area contributed by atoms with Crippen molar-refractivity contribution in [3.8, 4) is 0 Å². The topological polar surface area (TPSA) is 46.1 Å². The van der Waals surface area contributed by atoms with Crippen LogP contribution in [0.15, 0.2) is 74.3 Å². The molecule has 1 amide bonds. The fraction of sp³-hybridized carbons (Fsp3) is 0.0952. The molecule has 4 aromatic rings. The molecule has 0 aliphatic carbocycles. The third kappa shape index (κ3) is 2.76. The summed E-state index contributed by atoms with van der Waals surface area (Å²) in [4.78, 5) is 27.0. The van der Waals surface area contributed by atoms with Crippen molar-refractivity contribution in [1.29, 1.82) is 0 Å². The van der Waals surface area contributed by atoms with Gasteiger partial charge < -0.3 is 4.90 Å². The standard InChI is InChI=1S/C21H15N3OS2/c1-24(12-25)11-17-21-20(14-7-3-5-9-16(14)23-17)26-18-10-22-15-8-4-2-6-13(15)19(18)27-21/h2-10,12H,11H2,1H3. The van der Waals surface area contributed by atoms with Crippen molar-refractivity contribution < 1.29 is 4.79 Å². The number of hydrogen-bond donors (Lipinski definition) is 0. The van der Waals surface area contributed by atoms with Gasteiger partial charge >= 0.3 is 0 Å². The van der Waals surface area contributed by atoms with Crippen LogP contribution in [-0.2, 0) is 11.3 Å². The average Bonchev–Trinajstić information content (AvgIpc) is 2.72. The number of hydrogen-bond acceptors (Lipinski definition) is 5. The maximum Gasteiger partial charge on any atom is 0.209 e. The van der Waals surface area contributed by atoms with Gasteiger partial charge in [0.15, 0.2) is 0 Å². The number of carbonyl (C=O) groups is 1. The predicted octanol–water partition coefficient (Wildman–Crippen LogP) is 4.99. The van der Waals surface area contributed by atoms with Gasteiger partial charge in [0.2, 0.25) is 6.41 Å². The Morgan fingerprint density at radius 2 is 1.63 bits per heavy atom. The van der Waals surface area contributed by atoms with Crippen LogP contribution in [0.2, 0.25) is 0 Å². The lowest BCUT2D eigenvalue weighted by molar-refractivity contribution is -0.117. The normalized spacial score (nSPS) is 12.6. The molecule has 1 aliphatic heterocycles. The van der Waals surface area contributed by atoms with Gasteiger partial charge in [0, 0.05) is 38.7 Å². The summed E-state index contributed by atoms with van der Waals surface area (Å²) in [6, 6.07) is 16.4. The molecule has 0 unspecified atom stereocenters. The second-order valence-corrected chi connectivity index (χ2v) is 8.50. The molecule has 0 fully saturated rings. The van der Waals surface area contributed by atoms with Crippen LogP contribution < -0.4 is 0 Å². The van der Waals surface area contributed by atoms with E-state index >= 15 is 0 Å². The average molecular weight is 390 g/mol. The SMILES string of the molecule is CN(C=O)Cc1nc2ccccc2c2c1Sc1c(cnc3ccccc13)S2. The van der Waals surface area contributed by atoms with E-state index in [-0.39, 0.29) is 0 Å². The quantitative estimate of drug-likeness (QED) is 0.407. The molecule has 0 N–H and O–H groups in total. The highest BCUT2D eigenvalue weighted by atomic mass is 32.2. The molecule has 27 heavy (non-hydrogen) atoms. The van der Waals surface area contributed by atoms with Gasteiger partial charge in [-0.05, 0) is 12.1 Å². The van der Waals surface area contributed by atoms with E-state index in [9.17, 15) is 4.79 Å². The Labute approximate surface area is 165 Å². The number of nitrogens with zero attached hydrogens (tertiary/aromatic N) is 3. The van der Waals surface area contributed by atoms with E-state index in [2.05, 4.69) is 17.1 Å². The van der Waals surface area contributed by atoms with Gasteiger partial charge in [-0.1, -0.05) is 59.9 Å². The number of fused-ring (bicyclic) bond motifs is 6. The van der Waals surface area contributed by atoms with Crippen LogP contribution in [0.4, 0.5) is 0 Å². The van der Waals surface area contributed by atoms with Crippen molar-refractivity contribution in [2.24, 2.45) is 0 Å². The highest BCUT2D eigenvalue weighted by Gasteiger charge is 2.25. The molecule has 0 atom stereocenters. The molecule has 1 aliphatic rings. The molecule has 2 aromatic carbocycles. The number of carbonyl (C=O) groups excluding carboxylic acids is 1. The van der Waals surface area contributed by atoms with E-state index in [4.69, 9.17) is 4.98 Å². The van der Waals surface area contributed by atoms with Gasteiger partial charge in [0.25, 0.3) is 0 Å². The van der Waals surface area contributed by atoms with Crippen molar-refractivity contribution >= 4 is 51.7 Å². The minimum absolute atomic E-state index is 0.489. The molecule has 0 spiro atoms. The van der Waals surface area contributed by atoms with E-state index in [1.54, 1.807) is 35.5 Å². The van der Waals surface area contributed by atoms with Gasteiger partial charge in [0.1, 0.15) is 0 Å². The Morgan fingerprint density at radius 3 is 2.41 bits per heavy atom. The number of rotatable bonds is 3. The lowest BCUT2D eigenvalue weighted by Gasteiger charge is -2.24. The van der Waals surface area contributed by atoms with Crippen molar-refractivity contribution in [1.82, 2.24) is 14.9 Å². The molecule has 3 heterocycles. The summed E-state index contributed by atoms with van der Waals surface area (Å²) in [5.74, 6) is 0. The van der Waals surface area contributed by atoms with Crippen LogP contribution in [0.1, 0.15) is 5.69 Å². The summed E-state index contributed by atoms with van der Waals surface area (Å²) in [5, 5.41) is 2.29. The van der Waals surface area contributed by atoms with Gasteiger partial charge in [-0.2, -0.15) is 0 Å². The zero-order valence-corrected chi connectivity index (χ0v) is 16.2. The molecule has 0 radical (unpaired) electrons. The number of aromatic nitrogens is 2.